The van der Waals surface area contributed by atoms with Gasteiger partial charge in [-0.3, -0.25) is 19.2 Å². The van der Waals surface area contributed by atoms with Crippen LogP contribution in [0.5, 0.6) is 0 Å². The van der Waals surface area contributed by atoms with Crippen LogP contribution >= 0.6 is 11.6 Å². The van der Waals surface area contributed by atoms with Gasteiger partial charge in [0.25, 0.3) is 6.29 Å². The first kappa shape index (κ1) is 20.1. The fourth-order valence-corrected chi connectivity index (χ4v) is 4.40. The van der Waals surface area contributed by atoms with Gasteiger partial charge < -0.3 is 14.2 Å². The van der Waals surface area contributed by atoms with E-state index in [2.05, 4.69) is 0 Å². The van der Waals surface area contributed by atoms with Crippen LogP contribution in [0.2, 0.25) is 5.02 Å². The molecule has 0 spiro atoms. The molecule has 3 aliphatic rings. The summed E-state index contributed by atoms with van der Waals surface area (Å²) in [4.78, 5) is 50.7. The number of hydrogen-bond acceptors (Lipinski definition) is 8. The molecule has 4 atom stereocenters. The van der Waals surface area contributed by atoms with Crippen LogP contribution in [-0.2, 0) is 33.4 Å². The largest absolute Gasteiger partial charge is 0.422 e. The molecule has 0 aromatic heterocycles. The second-order valence-corrected chi connectivity index (χ2v) is 7.57. The Morgan fingerprint density at radius 2 is 1.90 bits per heavy atom. The Morgan fingerprint density at radius 3 is 2.50 bits per heavy atom. The van der Waals surface area contributed by atoms with E-state index in [1.165, 1.54) is 24.3 Å². The van der Waals surface area contributed by atoms with Gasteiger partial charge in [0.05, 0.1) is 29.2 Å². The Labute approximate surface area is 175 Å². The van der Waals surface area contributed by atoms with Crippen LogP contribution in [0.1, 0.15) is 19.4 Å². The van der Waals surface area contributed by atoms with Gasteiger partial charge in [0.15, 0.2) is 5.60 Å². The first-order valence-corrected chi connectivity index (χ1v) is 9.36. The van der Waals surface area contributed by atoms with Crippen LogP contribution < -0.4 is 4.90 Å². The van der Waals surface area contributed by atoms with Gasteiger partial charge in [0.1, 0.15) is 6.07 Å². The van der Waals surface area contributed by atoms with Crippen molar-refractivity contribution in [3.05, 3.63) is 40.9 Å². The standard InChI is InChI=1S/C20H15ClN2O7/c1-9(24)28-19(29-10(2)25)20-6-5-14(30-20)15-16(20)18(27)23(17(15)26)13-7-12(21)4-3-11(13)8-22/h3-7,14-16,19H,1-2H3/t14-,15-,16+,20+/m1/s1. The molecule has 9 nitrogen and oxygen atoms in total. The fraction of sp³-hybridized carbons (Fsp3) is 0.350. The number of carbonyl (C=O) groups excluding carboxylic acids is 4. The molecule has 0 N–H and O–H groups in total. The van der Waals surface area contributed by atoms with Crippen LogP contribution in [0.3, 0.4) is 0 Å². The van der Waals surface area contributed by atoms with Crippen molar-refractivity contribution in [2.45, 2.75) is 31.8 Å². The summed E-state index contributed by atoms with van der Waals surface area (Å²) in [5.74, 6) is -4.80. The number of nitrogens with zero attached hydrogens (tertiary/aromatic N) is 2. The maximum absolute atomic E-state index is 13.4. The first-order chi connectivity index (χ1) is 14.2. The summed E-state index contributed by atoms with van der Waals surface area (Å²) >= 11 is 6.02. The van der Waals surface area contributed by atoms with Crippen LogP contribution in [0.25, 0.3) is 0 Å². The smallest absolute Gasteiger partial charge is 0.305 e. The number of nitriles is 1. The van der Waals surface area contributed by atoms with Crippen molar-refractivity contribution in [1.29, 1.82) is 5.26 Å². The Hall–Kier alpha value is -3.22. The number of benzene rings is 1. The zero-order chi connectivity index (χ0) is 21.8. The average Bonchev–Trinajstić information content (AvgIpc) is 3.31. The van der Waals surface area contributed by atoms with E-state index in [9.17, 15) is 24.4 Å². The molecule has 10 heteroatoms. The second-order valence-electron chi connectivity index (χ2n) is 7.13. The lowest BCUT2D eigenvalue weighted by Crippen LogP contribution is -2.52. The molecule has 2 bridgehead atoms. The van der Waals surface area contributed by atoms with Gasteiger partial charge in [-0.15, -0.1) is 0 Å². The molecule has 30 heavy (non-hydrogen) atoms. The number of amides is 2. The monoisotopic (exact) mass is 430 g/mol. The summed E-state index contributed by atoms with van der Waals surface area (Å²) in [7, 11) is 0. The number of carbonyl (C=O) groups is 4. The van der Waals surface area contributed by atoms with Crippen molar-refractivity contribution in [2.75, 3.05) is 4.90 Å². The number of esters is 2. The number of anilines is 1. The van der Waals surface area contributed by atoms with E-state index in [4.69, 9.17) is 25.8 Å². The predicted molar refractivity (Wildman–Crippen MR) is 99.7 cm³/mol. The zero-order valence-corrected chi connectivity index (χ0v) is 16.6. The van der Waals surface area contributed by atoms with Crippen molar-refractivity contribution in [2.24, 2.45) is 11.8 Å². The molecule has 1 aromatic carbocycles. The van der Waals surface area contributed by atoms with Gasteiger partial charge in [0, 0.05) is 18.9 Å². The Kier molecular flexibility index (Phi) is 4.64. The topological polar surface area (TPSA) is 123 Å². The minimum atomic E-state index is -1.65. The van der Waals surface area contributed by atoms with E-state index in [1.54, 1.807) is 6.08 Å². The number of hydrogen-bond donors (Lipinski definition) is 0. The Balaban J connectivity index is 1.79. The van der Waals surface area contributed by atoms with Crippen molar-refractivity contribution in [3.8, 4) is 6.07 Å². The minimum absolute atomic E-state index is 0.0560. The van der Waals surface area contributed by atoms with Crippen molar-refractivity contribution in [1.82, 2.24) is 0 Å². The molecule has 2 amide bonds. The summed E-state index contributed by atoms with van der Waals surface area (Å²) in [6, 6.07) is 6.18. The molecule has 3 heterocycles. The van der Waals surface area contributed by atoms with E-state index >= 15 is 0 Å². The molecule has 0 radical (unpaired) electrons. The second kappa shape index (κ2) is 6.93. The first-order valence-electron chi connectivity index (χ1n) is 8.98. The minimum Gasteiger partial charge on any atom is -0.422 e. The Bertz CT molecular complexity index is 1050. The van der Waals surface area contributed by atoms with Gasteiger partial charge in [-0.2, -0.15) is 5.26 Å². The lowest BCUT2D eigenvalue weighted by molar-refractivity contribution is -0.226. The maximum atomic E-state index is 13.4. The molecule has 3 aliphatic heterocycles. The number of fused-ring (bicyclic) bond motifs is 5. The maximum Gasteiger partial charge on any atom is 0.305 e. The summed E-state index contributed by atoms with van der Waals surface area (Å²) in [5.41, 5.74) is -1.51. The van der Waals surface area contributed by atoms with E-state index < -0.39 is 53.6 Å². The highest BCUT2D eigenvalue weighted by Gasteiger charge is 2.72. The SMILES string of the molecule is CC(=O)OC(OC(C)=O)[C@@]12C=C[C@@H](O1)[C@H]1C(=O)N(c3cc(Cl)ccc3C#N)C(=O)[C@H]12. The molecular weight excluding hydrogens is 416 g/mol. The van der Waals surface area contributed by atoms with Crippen molar-refractivity contribution < 1.29 is 33.4 Å². The van der Waals surface area contributed by atoms with Crippen molar-refractivity contribution in [3.63, 3.8) is 0 Å². The van der Waals surface area contributed by atoms with Crippen LogP contribution in [0.15, 0.2) is 30.4 Å². The summed E-state index contributed by atoms with van der Waals surface area (Å²) < 4.78 is 16.2. The van der Waals surface area contributed by atoms with Gasteiger partial charge in [0.2, 0.25) is 11.8 Å². The van der Waals surface area contributed by atoms with E-state index in [-0.39, 0.29) is 16.3 Å². The summed E-state index contributed by atoms with van der Waals surface area (Å²) in [6.45, 7) is 2.24. The molecule has 2 saturated heterocycles. The van der Waals surface area contributed by atoms with Crippen LogP contribution in [0.4, 0.5) is 5.69 Å². The zero-order valence-electron chi connectivity index (χ0n) is 15.8. The van der Waals surface area contributed by atoms with Crippen molar-refractivity contribution >= 4 is 41.0 Å². The highest BCUT2D eigenvalue weighted by Crippen LogP contribution is 2.55. The van der Waals surface area contributed by atoms with Crippen LogP contribution in [0, 0.1) is 23.2 Å². The molecule has 0 saturated carbocycles. The van der Waals surface area contributed by atoms with Gasteiger partial charge in [-0.05, 0) is 24.3 Å². The van der Waals surface area contributed by atoms with Crippen LogP contribution in [-0.4, -0.2) is 41.7 Å². The summed E-state index contributed by atoms with van der Waals surface area (Å²) in [5, 5.41) is 9.65. The highest BCUT2D eigenvalue weighted by atomic mass is 35.5. The molecule has 1 aromatic rings. The highest BCUT2D eigenvalue weighted by molar-refractivity contribution is 6.31. The number of ether oxygens (including phenoxy) is 3. The number of halogens is 1. The lowest BCUT2D eigenvalue weighted by Gasteiger charge is -2.34. The molecule has 2 fully saturated rings. The molecular formula is C20H15ClN2O7. The third-order valence-electron chi connectivity index (χ3n) is 5.31. The predicted octanol–water partition coefficient (Wildman–Crippen LogP) is 1.48. The summed E-state index contributed by atoms with van der Waals surface area (Å²) in [6.07, 6.45) is 0.705. The molecule has 4 rings (SSSR count). The third kappa shape index (κ3) is 2.80. The number of imide groups is 1. The quantitative estimate of drug-likeness (QED) is 0.304. The van der Waals surface area contributed by atoms with Gasteiger partial charge >= 0.3 is 11.9 Å². The Morgan fingerprint density at radius 1 is 1.23 bits per heavy atom. The normalized spacial score (nSPS) is 28.6. The fourth-order valence-electron chi connectivity index (χ4n) is 4.24. The third-order valence-corrected chi connectivity index (χ3v) is 5.55. The lowest BCUT2D eigenvalue weighted by atomic mass is 9.76. The molecule has 0 aliphatic carbocycles. The molecule has 154 valence electrons. The van der Waals surface area contributed by atoms with E-state index in [1.807, 2.05) is 6.07 Å². The van der Waals surface area contributed by atoms with E-state index in [0.717, 1.165) is 18.7 Å². The number of rotatable bonds is 4. The van der Waals surface area contributed by atoms with E-state index in [0.29, 0.717) is 0 Å². The van der Waals surface area contributed by atoms with Gasteiger partial charge in [-0.1, -0.05) is 17.7 Å². The van der Waals surface area contributed by atoms with Gasteiger partial charge in [-0.25, -0.2) is 4.90 Å². The average molecular weight is 431 g/mol. The molecule has 0 unspecified atom stereocenters.